The molecule has 0 saturated heterocycles. The van der Waals surface area contributed by atoms with E-state index < -0.39 is 17.6 Å². The molecule has 0 aliphatic carbocycles. The number of hydrogen-bond donors (Lipinski definition) is 3. The Balaban J connectivity index is 3.07. The highest BCUT2D eigenvalue weighted by Crippen LogP contribution is 2.15. The Hall–Kier alpha value is -2.81. The van der Waals surface area contributed by atoms with Crippen LogP contribution in [0.5, 0.6) is 0 Å². The fraction of sp³-hybridized carbons (Fsp3) is 0. The van der Waals surface area contributed by atoms with Crippen molar-refractivity contribution < 1.29 is 19.8 Å². The van der Waals surface area contributed by atoms with E-state index in [9.17, 15) is 9.59 Å². The summed E-state index contributed by atoms with van der Waals surface area (Å²) in [4.78, 5) is 21.2. The maximum absolute atomic E-state index is 10.8. The van der Waals surface area contributed by atoms with Gasteiger partial charge in [-0.3, -0.25) is 0 Å². The first-order valence-electron chi connectivity index (χ1n) is 4.48. The molecule has 1 aromatic carbocycles. The number of rotatable bonds is 4. The number of nitrogens with zero attached hydrogens (tertiary/aromatic N) is 1. The molecule has 0 aliphatic heterocycles. The van der Waals surface area contributed by atoms with E-state index in [0.29, 0.717) is 6.08 Å². The lowest BCUT2D eigenvalue weighted by Crippen LogP contribution is -2.13. The van der Waals surface area contributed by atoms with E-state index in [-0.39, 0.29) is 11.3 Å². The van der Waals surface area contributed by atoms with E-state index in [0.717, 1.165) is 0 Å². The third-order valence-corrected chi connectivity index (χ3v) is 1.82. The van der Waals surface area contributed by atoms with Crippen LogP contribution in [-0.2, 0) is 9.59 Å². The lowest BCUT2D eigenvalue weighted by molar-refractivity contribution is -0.134. The van der Waals surface area contributed by atoms with Crippen molar-refractivity contribution in [3.05, 3.63) is 41.6 Å². The van der Waals surface area contributed by atoms with Gasteiger partial charge in [0.2, 0.25) is 0 Å². The molecular formula is C11H8N2O4. The van der Waals surface area contributed by atoms with Crippen LogP contribution in [-0.4, -0.2) is 22.2 Å². The average Bonchev–Trinajstić information content (AvgIpc) is 2.28. The minimum absolute atomic E-state index is 0.227. The Morgan fingerprint density at radius 1 is 1.29 bits per heavy atom. The third kappa shape index (κ3) is 3.35. The second-order valence-corrected chi connectivity index (χ2v) is 2.98. The van der Waals surface area contributed by atoms with Crippen LogP contribution in [0, 0.1) is 11.3 Å². The van der Waals surface area contributed by atoms with Crippen LogP contribution in [0.1, 0.15) is 5.56 Å². The molecule has 17 heavy (non-hydrogen) atoms. The molecule has 0 spiro atoms. The van der Waals surface area contributed by atoms with Crippen LogP contribution in [0.4, 0.5) is 5.69 Å². The summed E-state index contributed by atoms with van der Waals surface area (Å²) in [6.07, 6.45) is 0.524. The monoisotopic (exact) mass is 232 g/mol. The Morgan fingerprint density at radius 2 is 1.94 bits per heavy atom. The molecule has 0 unspecified atom stereocenters. The molecule has 0 radical (unpaired) electrons. The Kier molecular flexibility index (Phi) is 3.84. The van der Waals surface area contributed by atoms with E-state index in [1.54, 1.807) is 12.1 Å². The zero-order valence-corrected chi connectivity index (χ0v) is 8.54. The van der Waals surface area contributed by atoms with Gasteiger partial charge in [0.15, 0.2) is 0 Å². The molecule has 0 aliphatic rings. The number of aliphatic carboxylic acids is 2. The van der Waals surface area contributed by atoms with E-state index in [1.165, 1.54) is 12.1 Å². The van der Waals surface area contributed by atoms with E-state index in [4.69, 9.17) is 15.5 Å². The molecule has 3 N–H and O–H groups in total. The van der Waals surface area contributed by atoms with Crippen LogP contribution in [0.2, 0.25) is 0 Å². The van der Waals surface area contributed by atoms with Gasteiger partial charge in [-0.2, -0.15) is 5.26 Å². The minimum Gasteiger partial charge on any atom is -0.478 e. The van der Waals surface area contributed by atoms with Crippen LogP contribution >= 0.6 is 0 Å². The van der Waals surface area contributed by atoms with Crippen molar-refractivity contribution in [1.82, 2.24) is 0 Å². The maximum atomic E-state index is 10.8. The fourth-order valence-electron chi connectivity index (χ4n) is 1.11. The molecular weight excluding hydrogens is 224 g/mol. The minimum atomic E-state index is -1.42. The van der Waals surface area contributed by atoms with Crippen molar-refractivity contribution in [2.75, 3.05) is 5.32 Å². The van der Waals surface area contributed by atoms with Gasteiger partial charge in [-0.1, -0.05) is 12.1 Å². The molecule has 0 fully saturated rings. The molecule has 6 nitrogen and oxygen atoms in total. The number of carbonyl (C=O) groups is 2. The predicted molar refractivity (Wildman–Crippen MR) is 58.1 cm³/mol. The van der Waals surface area contributed by atoms with Gasteiger partial charge in [-0.15, -0.1) is 0 Å². The third-order valence-electron chi connectivity index (χ3n) is 1.82. The number of nitriles is 1. The van der Waals surface area contributed by atoms with Crippen molar-refractivity contribution >= 4 is 17.6 Å². The number of para-hydroxylation sites is 1. The Morgan fingerprint density at radius 3 is 2.47 bits per heavy atom. The second-order valence-electron chi connectivity index (χ2n) is 2.98. The number of carboxylic acid groups (broad SMARTS) is 2. The standard InChI is InChI=1S/C11H8N2O4/c12-6-7-3-1-2-4-8(7)13-9(11(16)17)5-10(14)15/h1-5,13H,(H,14,15)(H,16,17)/b9-5-. The van der Waals surface area contributed by atoms with Gasteiger partial charge < -0.3 is 15.5 Å². The number of anilines is 1. The van der Waals surface area contributed by atoms with Gasteiger partial charge >= 0.3 is 11.9 Å². The molecule has 0 saturated carbocycles. The van der Waals surface area contributed by atoms with Gasteiger partial charge in [0, 0.05) is 0 Å². The van der Waals surface area contributed by atoms with Crippen molar-refractivity contribution in [3.63, 3.8) is 0 Å². The molecule has 0 atom stereocenters. The molecule has 0 aromatic heterocycles. The topological polar surface area (TPSA) is 110 Å². The first kappa shape index (κ1) is 12.3. The summed E-state index contributed by atoms with van der Waals surface area (Å²) in [5.74, 6) is -2.80. The van der Waals surface area contributed by atoms with Gasteiger partial charge in [0.25, 0.3) is 0 Å². The number of hydrogen-bond acceptors (Lipinski definition) is 4. The number of nitrogens with one attached hydrogen (secondary N) is 1. The highest BCUT2D eigenvalue weighted by Gasteiger charge is 2.11. The van der Waals surface area contributed by atoms with Crippen LogP contribution in [0.25, 0.3) is 0 Å². The van der Waals surface area contributed by atoms with Crippen molar-refractivity contribution in [3.8, 4) is 6.07 Å². The van der Waals surface area contributed by atoms with E-state index in [1.807, 2.05) is 6.07 Å². The molecule has 0 heterocycles. The van der Waals surface area contributed by atoms with Gasteiger partial charge in [-0.25, -0.2) is 9.59 Å². The van der Waals surface area contributed by atoms with Crippen LogP contribution < -0.4 is 5.32 Å². The summed E-state index contributed by atoms with van der Waals surface area (Å²) >= 11 is 0. The average molecular weight is 232 g/mol. The smallest absolute Gasteiger partial charge is 0.352 e. The van der Waals surface area contributed by atoms with Gasteiger partial charge in [-0.05, 0) is 12.1 Å². The number of carboxylic acids is 2. The molecule has 0 amide bonds. The fourth-order valence-corrected chi connectivity index (χ4v) is 1.11. The van der Waals surface area contributed by atoms with E-state index >= 15 is 0 Å². The highest BCUT2D eigenvalue weighted by molar-refractivity contribution is 5.97. The Bertz CT molecular complexity index is 529. The van der Waals surface area contributed by atoms with Crippen molar-refractivity contribution in [2.24, 2.45) is 0 Å². The number of benzene rings is 1. The second kappa shape index (κ2) is 5.32. The van der Waals surface area contributed by atoms with Gasteiger partial charge in [0.05, 0.1) is 17.3 Å². The molecule has 1 aromatic rings. The Labute approximate surface area is 96.4 Å². The van der Waals surface area contributed by atoms with Crippen LogP contribution in [0.3, 0.4) is 0 Å². The maximum Gasteiger partial charge on any atom is 0.352 e. The van der Waals surface area contributed by atoms with Gasteiger partial charge in [0.1, 0.15) is 11.8 Å². The van der Waals surface area contributed by atoms with Crippen molar-refractivity contribution in [2.45, 2.75) is 0 Å². The molecule has 86 valence electrons. The molecule has 1 rings (SSSR count). The van der Waals surface area contributed by atoms with Crippen molar-refractivity contribution in [1.29, 1.82) is 5.26 Å². The summed E-state index contributed by atoms with van der Waals surface area (Å²) in [7, 11) is 0. The summed E-state index contributed by atoms with van der Waals surface area (Å²) in [6.45, 7) is 0. The lowest BCUT2D eigenvalue weighted by atomic mass is 10.2. The summed E-state index contributed by atoms with van der Waals surface area (Å²) in [5, 5.41) is 28.4. The summed E-state index contributed by atoms with van der Waals surface area (Å²) in [6, 6.07) is 8.05. The quantitative estimate of drug-likeness (QED) is 0.668. The predicted octanol–water partition coefficient (Wildman–Crippen LogP) is 1.02. The largest absolute Gasteiger partial charge is 0.478 e. The van der Waals surface area contributed by atoms with E-state index in [2.05, 4.69) is 5.32 Å². The van der Waals surface area contributed by atoms with Crippen LogP contribution in [0.15, 0.2) is 36.0 Å². The molecule has 0 bridgehead atoms. The lowest BCUT2D eigenvalue weighted by Gasteiger charge is -2.07. The zero-order valence-electron chi connectivity index (χ0n) is 8.54. The first-order valence-corrected chi connectivity index (χ1v) is 4.48. The summed E-state index contributed by atoms with van der Waals surface area (Å²) < 4.78 is 0. The summed E-state index contributed by atoms with van der Waals surface area (Å²) in [5.41, 5.74) is -0.0462. The molecule has 6 heteroatoms. The zero-order chi connectivity index (χ0) is 12.8. The SMILES string of the molecule is N#Cc1ccccc1N/C(=C\C(=O)O)C(=O)O. The normalized spacial score (nSPS) is 10.4. The first-order chi connectivity index (χ1) is 8.04. The highest BCUT2D eigenvalue weighted by atomic mass is 16.4.